The Bertz CT molecular complexity index is 586. The minimum Gasteiger partial charge on any atom is -0.399 e. The van der Waals surface area contributed by atoms with E-state index in [4.69, 9.17) is 5.73 Å². The van der Waals surface area contributed by atoms with Gasteiger partial charge in [-0.25, -0.2) is 9.97 Å². The van der Waals surface area contributed by atoms with Gasteiger partial charge in [0.05, 0.1) is 5.56 Å². The normalized spacial score (nSPS) is 10.2. The number of carbonyl (C=O) groups is 1. The number of benzene rings is 1. The quantitative estimate of drug-likeness (QED) is 0.683. The lowest BCUT2D eigenvalue weighted by atomic mass is 10.2. The van der Waals surface area contributed by atoms with E-state index >= 15 is 0 Å². The predicted octanol–water partition coefficient (Wildman–Crippen LogP) is 1.91. The molecule has 1 aromatic heterocycles. The van der Waals surface area contributed by atoms with Gasteiger partial charge < -0.3 is 10.6 Å². The molecule has 0 saturated heterocycles. The zero-order valence-electron chi connectivity index (χ0n) is 10.7. The van der Waals surface area contributed by atoms with Crippen molar-refractivity contribution in [2.24, 2.45) is 0 Å². The van der Waals surface area contributed by atoms with Gasteiger partial charge in [-0.05, 0) is 36.0 Å². The van der Waals surface area contributed by atoms with E-state index in [2.05, 4.69) is 9.97 Å². The molecule has 0 unspecified atom stereocenters. The zero-order chi connectivity index (χ0) is 13.8. The van der Waals surface area contributed by atoms with Gasteiger partial charge in [-0.1, -0.05) is 0 Å². The molecule has 0 bridgehead atoms. The number of carbonyl (C=O) groups excluding carboxylic acids is 1. The van der Waals surface area contributed by atoms with Crippen molar-refractivity contribution in [2.75, 3.05) is 19.8 Å². The summed E-state index contributed by atoms with van der Waals surface area (Å²) >= 11 is 1.32. The van der Waals surface area contributed by atoms with Crippen LogP contribution in [0.25, 0.3) is 0 Å². The number of nitrogens with two attached hydrogens (primary N) is 1. The molecule has 0 aliphatic carbocycles. The van der Waals surface area contributed by atoms with E-state index in [1.807, 2.05) is 0 Å². The number of anilines is 1. The van der Waals surface area contributed by atoms with Crippen molar-refractivity contribution >= 4 is 23.4 Å². The molecule has 0 radical (unpaired) electrons. The van der Waals surface area contributed by atoms with Crippen LogP contribution in [0.1, 0.15) is 10.4 Å². The van der Waals surface area contributed by atoms with Crippen LogP contribution < -0.4 is 5.73 Å². The van der Waals surface area contributed by atoms with Crippen LogP contribution in [0.3, 0.4) is 0 Å². The van der Waals surface area contributed by atoms with Gasteiger partial charge in [-0.3, -0.25) is 4.79 Å². The number of rotatable bonds is 3. The van der Waals surface area contributed by atoms with Gasteiger partial charge >= 0.3 is 0 Å². The van der Waals surface area contributed by atoms with Crippen molar-refractivity contribution in [3.05, 3.63) is 42.2 Å². The van der Waals surface area contributed by atoms with Crippen LogP contribution in [0.2, 0.25) is 0 Å². The Morgan fingerprint density at radius 2 is 1.95 bits per heavy atom. The van der Waals surface area contributed by atoms with E-state index in [0.717, 1.165) is 4.90 Å². The molecule has 5 nitrogen and oxygen atoms in total. The third kappa shape index (κ3) is 3.23. The van der Waals surface area contributed by atoms with Crippen molar-refractivity contribution in [3.63, 3.8) is 0 Å². The van der Waals surface area contributed by atoms with Crippen LogP contribution >= 0.6 is 11.8 Å². The number of nitrogen functional groups attached to an aromatic ring is 1. The van der Waals surface area contributed by atoms with Crippen LogP contribution in [0.4, 0.5) is 5.69 Å². The van der Waals surface area contributed by atoms with Crippen molar-refractivity contribution in [1.82, 2.24) is 14.9 Å². The lowest BCUT2D eigenvalue weighted by molar-refractivity contribution is 0.0824. The number of nitrogens with zero attached hydrogens (tertiary/aromatic N) is 3. The van der Waals surface area contributed by atoms with Crippen LogP contribution in [0.15, 0.2) is 46.7 Å². The fraction of sp³-hybridized carbons (Fsp3) is 0.154. The third-order valence-electron chi connectivity index (χ3n) is 2.39. The maximum atomic E-state index is 12.1. The molecule has 0 saturated carbocycles. The maximum Gasteiger partial charge on any atom is 0.254 e. The second-order valence-electron chi connectivity index (χ2n) is 4.09. The zero-order valence-corrected chi connectivity index (χ0v) is 11.5. The van der Waals surface area contributed by atoms with Crippen LogP contribution in [-0.2, 0) is 0 Å². The summed E-state index contributed by atoms with van der Waals surface area (Å²) in [6.07, 6.45) is 3.32. The number of amides is 1. The van der Waals surface area contributed by atoms with Gasteiger partial charge in [-0.15, -0.1) is 0 Å². The maximum absolute atomic E-state index is 12.1. The molecule has 2 rings (SSSR count). The Morgan fingerprint density at radius 3 is 2.58 bits per heavy atom. The fourth-order valence-electron chi connectivity index (χ4n) is 1.48. The summed E-state index contributed by atoms with van der Waals surface area (Å²) in [6, 6.07) is 6.95. The van der Waals surface area contributed by atoms with E-state index in [9.17, 15) is 4.79 Å². The standard InChI is InChI=1S/C13H14N4OS/c1-17(2)12(18)10-5-4-9(14)8-11(10)19-13-15-6-3-7-16-13/h3-8H,14H2,1-2H3. The Morgan fingerprint density at radius 1 is 1.26 bits per heavy atom. The summed E-state index contributed by atoms with van der Waals surface area (Å²) < 4.78 is 0. The highest BCUT2D eigenvalue weighted by Crippen LogP contribution is 2.30. The minimum absolute atomic E-state index is 0.0709. The van der Waals surface area contributed by atoms with Gasteiger partial charge in [0, 0.05) is 37.1 Å². The van der Waals surface area contributed by atoms with E-state index in [1.54, 1.807) is 50.8 Å². The minimum atomic E-state index is -0.0709. The molecule has 2 aromatic rings. The third-order valence-corrected chi connectivity index (χ3v) is 3.34. The second-order valence-corrected chi connectivity index (χ2v) is 5.10. The monoisotopic (exact) mass is 274 g/mol. The molecular weight excluding hydrogens is 260 g/mol. The molecule has 19 heavy (non-hydrogen) atoms. The first-order valence-corrected chi connectivity index (χ1v) is 6.45. The highest BCUT2D eigenvalue weighted by atomic mass is 32.2. The molecule has 1 aromatic carbocycles. The average Bonchev–Trinajstić information content (AvgIpc) is 2.39. The van der Waals surface area contributed by atoms with Crippen molar-refractivity contribution < 1.29 is 4.79 Å². The van der Waals surface area contributed by atoms with Gasteiger partial charge in [0.2, 0.25) is 0 Å². The summed E-state index contributed by atoms with van der Waals surface area (Å²) in [5, 5.41) is 0.584. The summed E-state index contributed by atoms with van der Waals surface area (Å²) in [4.78, 5) is 22.7. The van der Waals surface area contributed by atoms with Crippen molar-refractivity contribution in [3.8, 4) is 0 Å². The smallest absolute Gasteiger partial charge is 0.254 e. The predicted molar refractivity (Wildman–Crippen MR) is 75.0 cm³/mol. The molecule has 0 aliphatic rings. The Labute approximate surface area is 115 Å². The summed E-state index contributed by atoms with van der Waals surface area (Å²) in [7, 11) is 3.43. The molecule has 0 atom stereocenters. The summed E-state index contributed by atoms with van der Waals surface area (Å²) in [5.41, 5.74) is 6.98. The highest BCUT2D eigenvalue weighted by Gasteiger charge is 2.15. The number of aromatic nitrogens is 2. The lowest BCUT2D eigenvalue weighted by Crippen LogP contribution is -2.22. The van der Waals surface area contributed by atoms with Crippen LogP contribution in [0.5, 0.6) is 0 Å². The SMILES string of the molecule is CN(C)C(=O)c1ccc(N)cc1Sc1ncccn1. The van der Waals surface area contributed by atoms with Gasteiger partial charge in [0.25, 0.3) is 5.91 Å². The first-order chi connectivity index (χ1) is 9.08. The average molecular weight is 274 g/mol. The van der Waals surface area contributed by atoms with Crippen LogP contribution in [0, 0.1) is 0 Å². The Kier molecular flexibility index (Phi) is 4.01. The van der Waals surface area contributed by atoms with Gasteiger partial charge in [0.15, 0.2) is 5.16 Å². The number of hydrogen-bond donors (Lipinski definition) is 1. The van der Waals surface area contributed by atoms with Crippen molar-refractivity contribution in [2.45, 2.75) is 10.1 Å². The first kappa shape index (κ1) is 13.4. The Hall–Kier alpha value is -2.08. The van der Waals surface area contributed by atoms with E-state index in [0.29, 0.717) is 16.4 Å². The van der Waals surface area contributed by atoms with E-state index < -0.39 is 0 Å². The summed E-state index contributed by atoms with van der Waals surface area (Å²) in [6.45, 7) is 0. The van der Waals surface area contributed by atoms with E-state index in [1.165, 1.54) is 16.7 Å². The lowest BCUT2D eigenvalue weighted by Gasteiger charge is -2.13. The molecular formula is C13H14N4OS. The molecule has 0 fully saturated rings. The fourth-order valence-corrected chi connectivity index (χ4v) is 2.36. The topological polar surface area (TPSA) is 72.1 Å². The van der Waals surface area contributed by atoms with Gasteiger partial charge in [-0.2, -0.15) is 0 Å². The molecule has 2 N–H and O–H groups in total. The molecule has 1 amide bonds. The molecule has 6 heteroatoms. The Balaban J connectivity index is 2.38. The van der Waals surface area contributed by atoms with Crippen molar-refractivity contribution in [1.29, 1.82) is 0 Å². The molecule has 0 aliphatic heterocycles. The largest absolute Gasteiger partial charge is 0.399 e. The van der Waals surface area contributed by atoms with Crippen LogP contribution in [-0.4, -0.2) is 34.9 Å². The van der Waals surface area contributed by atoms with E-state index in [-0.39, 0.29) is 5.91 Å². The summed E-state index contributed by atoms with van der Waals surface area (Å²) in [5.74, 6) is -0.0709. The molecule has 98 valence electrons. The molecule has 0 spiro atoms. The second kappa shape index (κ2) is 5.71. The molecule has 1 heterocycles. The first-order valence-electron chi connectivity index (χ1n) is 5.64. The van der Waals surface area contributed by atoms with Gasteiger partial charge in [0.1, 0.15) is 0 Å². The highest BCUT2D eigenvalue weighted by molar-refractivity contribution is 7.99. The number of hydrogen-bond acceptors (Lipinski definition) is 5.